The molecule has 1 aliphatic heterocycles. The molecule has 4 nitrogen and oxygen atoms in total. The van der Waals surface area contributed by atoms with Crippen LogP contribution in [0.5, 0.6) is 0 Å². The van der Waals surface area contributed by atoms with Crippen molar-refractivity contribution >= 4 is 5.70 Å². The van der Waals surface area contributed by atoms with E-state index in [0.29, 0.717) is 17.0 Å². The van der Waals surface area contributed by atoms with Crippen LogP contribution in [0.1, 0.15) is 38.3 Å². The van der Waals surface area contributed by atoms with Crippen LogP contribution in [0.2, 0.25) is 0 Å². The highest BCUT2D eigenvalue weighted by atomic mass is 19.1. The van der Waals surface area contributed by atoms with Gasteiger partial charge in [-0.1, -0.05) is 24.8 Å². The summed E-state index contributed by atoms with van der Waals surface area (Å²) in [7, 11) is 0. The lowest BCUT2D eigenvalue weighted by Crippen LogP contribution is -2.42. The van der Waals surface area contributed by atoms with Gasteiger partial charge in [0, 0.05) is 24.7 Å². The summed E-state index contributed by atoms with van der Waals surface area (Å²) in [4.78, 5) is 6.78. The van der Waals surface area contributed by atoms with E-state index in [0.717, 1.165) is 55.7 Å². The van der Waals surface area contributed by atoms with Gasteiger partial charge < -0.3 is 16.0 Å². The monoisotopic (exact) mass is 448 g/mol. The van der Waals surface area contributed by atoms with Gasteiger partial charge in [0.1, 0.15) is 11.5 Å². The van der Waals surface area contributed by atoms with Gasteiger partial charge in [-0.05, 0) is 74.6 Å². The second-order valence-electron chi connectivity index (χ2n) is 8.46. The van der Waals surface area contributed by atoms with E-state index in [2.05, 4.69) is 21.8 Å². The third-order valence-corrected chi connectivity index (χ3v) is 5.95. The number of nitrogens with one attached hydrogen (secondary N) is 1. The molecule has 2 heterocycles. The number of allylic oxidation sites excluding steroid dienone is 4. The maximum absolute atomic E-state index is 15.0. The van der Waals surface area contributed by atoms with Gasteiger partial charge in [0.15, 0.2) is 5.82 Å². The Morgan fingerprint density at radius 2 is 1.97 bits per heavy atom. The van der Waals surface area contributed by atoms with Crippen LogP contribution in [0.15, 0.2) is 78.2 Å². The lowest BCUT2D eigenvalue weighted by molar-refractivity contribution is 0.264. The second-order valence-corrected chi connectivity index (χ2v) is 8.46. The normalized spacial score (nSPS) is 18.8. The molecule has 0 amide bonds. The maximum Gasteiger partial charge on any atom is 0.151 e. The third kappa shape index (κ3) is 5.22. The van der Waals surface area contributed by atoms with Gasteiger partial charge >= 0.3 is 0 Å². The van der Waals surface area contributed by atoms with Gasteiger partial charge in [0.25, 0.3) is 0 Å². The number of halogens is 2. The van der Waals surface area contributed by atoms with E-state index in [1.54, 1.807) is 24.3 Å². The second kappa shape index (κ2) is 10.1. The predicted octanol–water partition coefficient (Wildman–Crippen LogP) is 5.52. The molecule has 6 heteroatoms. The van der Waals surface area contributed by atoms with E-state index in [9.17, 15) is 4.39 Å². The quantitative estimate of drug-likeness (QED) is 0.548. The molecule has 1 saturated carbocycles. The maximum atomic E-state index is 15.0. The number of nitrogens with zero attached hydrogens (tertiary/aromatic N) is 2. The van der Waals surface area contributed by atoms with Crippen molar-refractivity contribution in [3.8, 4) is 11.3 Å². The van der Waals surface area contributed by atoms with Crippen LogP contribution in [0, 0.1) is 11.6 Å². The summed E-state index contributed by atoms with van der Waals surface area (Å²) >= 11 is 0. The van der Waals surface area contributed by atoms with Gasteiger partial charge in [-0.2, -0.15) is 0 Å². The van der Waals surface area contributed by atoms with Gasteiger partial charge in [-0.15, -0.1) is 0 Å². The van der Waals surface area contributed by atoms with Crippen molar-refractivity contribution in [1.82, 2.24) is 15.2 Å². The summed E-state index contributed by atoms with van der Waals surface area (Å²) < 4.78 is 29.4. The molecule has 4 rings (SSSR count). The molecule has 0 bridgehead atoms. The Morgan fingerprint density at radius 1 is 1.18 bits per heavy atom. The molecule has 172 valence electrons. The Bertz CT molecular complexity index is 1130. The van der Waals surface area contributed by atoms with Crippen molar-refractivity contribution in [1.29, 1.82) is 0 Å². The minimum Gasteiger partial charge on any atom is -0.368 e. The van der Waals surface area contributed by atoms with Crippen molar-refractivity contribution < 1.29 is 8.78 Å². The minimum absolute atomic E-state index is 0.114. The molecular weight excluding hydrogens is 418 g/mol. The molecule has 3 N–H and O–H groups in total. The molecule has 2 aromatic rings. The van der Waals surface area contributed by atoms with Crippen LogP contribution in [-0.4, -0.2) is 29.0 Å². The first-order valence-electron chi connectivity index (χ1n) is 11.4. The summed E-state index contributed by atoms with van der Waals surface area (Å²) in [6, 6.07) is 9.37. The van der Waals surface area contributed by atoms with Gasteiger partial charge in [0.05, 0.1) is 22.8 Å². The Balaban J connectivity index is 1.75. The average Bonchev–Trinajstić information content (AvgIpc) is 3.65. The Labute approximate surface area is 194 Å². The Kier molecular flexibility index (Phi) is 7.04. The van der Waals surface area contributed by atoms with Crippen LogP contribution in [0.4, 0.5) is 8.78 Å². The van der Waals surface area contributed by atoms with E-state index >= 15 is 4.39 Å². The zero-order valence-electron chi connectivity index (χ0n) is 19.0. The van der Waals surface area contributed by atoms with E-state index in [1.807, 2.05) is 19.1 Å². The van der Waals surface area contributed by atoms with Gasteiger partial charge in [0.2, 0.25) is 0 Å². The SMILES string of the molecule is C=C/C(NC(=C1CC1)c1nc(-c2ccccc2F)ccc1F)=C(\C=C/C)N1CCC[C@H](N)C1. The molecule has 1 aromatic carbocycles. The van der Waals surface area contributed by atoms with Crippen molar-refractivity contribution in [2.75, 3.05) is 13.1 Å². The fraction of sp³-hybridized carbons (Fsp3) is 0.296. The molecule has 0 unspecified atom stereocenters. The first-order valence-corrected chi connectivity index (χ1v) is 11.4. The zero-order valence-corrected chi connectivity index (χ0v) is 19.0. The molecule has 0 radical (unpaired) electrons. The van der Waals surface area contributed by atoms with Crippen LogP contribution >= 0.6 is 0 Å². The molecule has 1 atom stereocenters. The van der Waals surface area contributed by atoms with Crippen LogP contribution in [-0.2, 0) is 0 Å². The molecule has 0 spiro atoms. The lowest BCUT2D eigenvalue weighted by Gasteiger charge is -2.34. The number of hydrogen-bond acceptors (Lipinski definition) is 4. The van der Waals surface area contributed by atoms with Crippen LogP contribution in [0.3, 0.4) is 0 Å². The molecule has 33 heavy (non-hydrogen) atoms. The summed E-state index contributed by atoms with van der Waals surface area (Å²) in [6.45, 7) is 7.61. The number of piperidine rings is 1. The molecule has 2 aliphatic rings. The van der Waals surface area contributed by atoms with E-state index in [1.165, 1.54) is 18.2 Å². The molecule has 1 aliphatic carbocycles. The minimum atomic E-state index is -0.451. The van der Waals surface area contributed by atoms with Crippen molar-refractivity contribution in [3.05, 3.63) is 95.5 Å². The average molecular weight is 449 g/mol. The predicted molar refractivity (Wildman–Crippen MR) is 130 cm³/mol. The highest BCUT2D eigenvalue weighted by molar-refractivity contribution is 5.72. The third-order valence-electron chi connectivity index (χ3n) is 5.95. The standard InChI is InChI=1S/C27H30F2N4/c1-3-8-25(33-16-7-9-19(30)17-33)23(4-2)31-26(18-12-13-18)27-22(29)14-15-24(32-27)20-10-5-6-11-21(20)28/h3-6,8,10-11,14-15,19,31H,2,7,9,12-13,16-17,30H2,1H3/b8-3-,25-23-/t19-/m0/s1. The fourth-order valence-corrected chi connectivity index (χ4v) is 4.17. The highest BCUT2D eigenvalue weighted by Crippen LogP contribution is 2.37. The first-order chi connectivity index (χ1) is 16.0. The largest absolute Gasteiger partial charge is 0.368 e. The Morgan fingerprint density at radius 3 is 2.64 bits per heavy atom. The number of nitrogens with two attached hydrogens (primary N) is 1. The van der Waals surface area contributed by atoms with Crippen LogP contribution in [0.25, 0.3) is 17.0 Å². The molecule has 2 fully saturated rings. The molecule has 1 aromatic heterocycles. The summed E-state index contributed by atoms with van der Waals surface area (Å²) in [5, 5.41) is 3.42. The van der Waals surface area contributed by atoms with Crippen LogP contribution < -0.4 is 11.1 Å². The fourth-order valence-electron chi connectivity index (χ4n) is 4.17. The summed E-state index contributed by atoms with van der Waals surface area (Å²) in [6.07, 6.45) is 9.50. The number of benzene rings is 1. The van der Waals surface area contributed by atoms with E-state index in [-0.39, 0.29) is 17.6 Å². The molecule has 1 saturated heterocycles. The zero-order chi connectivity index (χ0) is 23.4. The topological polar surface area (TPSA) is 54.2 Å². The van der Waals surface area contributed by atoms with Crippen molar-refractivity contribution in [2.24, 2.45) is 5.73 Å². The number of rotatable bonds is 7. The van der Waals surface area contributed by atoms with Crippen molar-refractivity contribution in [2.45, 2.75) is 38.6 Å². The summed E-state index contributed by atoms with van der Waals surface area (Å²) in [5.41, 5.74) is 10.6. The summed E-state index contributed by atoms with van der Waals surface area (Å²) in [5.74, 6) is -0.840. The van der Waals surface area contributed by atoms with Gasteiger partial charge in [-0.3, -0.25) is 0 Å². The highest BCUT2D eigenvalue weighted by Gasteiger charge is 2.25. The first kappa shape index (κ1) is 22.9. The number of hydrogen-bond donors (Lipinski definition) is 2. The number of likely N-dealkylation sites (tertiary alicyclic amines) is 1. The van der Waals surface area contributed by atoms with E-state index < -0.39 is 5.82 Å². The van der Waals surface area contributed by atoms with Crippen molar-refractivity contribution in [3.63, 3.8) is 0 Å². The van der Waals surface area contributed by atoms with Gasteiger partial charge in [-0.25, -0.2) is 13.8 Å². The Hall–Kier alpha value is -3.25. The number of aromatic nitrogens is 1. The molecular formula is C27H30F2N4. The lowest BCUT2D eigenvalue weighted by atomic mass is 10.0. The van der Waals surface area contributed by atoms with E-state index in [4.69, 9.17) is 5.73 Å². The smallest absolute Gasteiger partial charge is 0.151 e. The number of pyridine rings is 1.